The van der Waals surface area contributed by atoms with E-state index in [1.165, 1.54) is 5.56 Å². The first-order chi connectivity index (χ1) is 11.7. The van der Waals surface area contributed by atoms with Crippen molar-refractivity contribution < 1.29 is 9.59 Å². The molecular formula is C20H22N2O2. The van der Waals surface area contributed by atoms with Gasteiger partial charge in [0.2, 0.25) is 5.91 Å². The van der Waals surface area contributed by atoms with Crippen LogP contribution >= 0.6 is 0 Å². The monoisotopic (exact) mass is 322 g/mol. The van der Waals surface area contributed by atoms with Crippen molar-refractivity contribution in [2.75, 3.05) is 11.4 Å². The maximum atomic E-state index is 12.7. The molecule has 2 amide bonds. The second-order valence-corrected chi connectivity index (χ2v) is 6.06. The van der Waals surface area contributed by atoms with Crippen LogP contribution in [-0.2, 0) is 17.8 Å². The van der Waals surface area contributed by atoms with Gasteiger partial charge in [-0.2, -0.15) is 0 Å². The predicted molar refractivity (Wildman–Crippen MR) is 95.0 cm³/mol. The van der Waals surface area contributed by atoms with Crippen LogP contribution in [0.1, 0.15) is 41.3 Å². The van der Waals surface area contributed by atoms with Gasteiger partial charge in [0.1, 0.15) is 0 Å². The van der Waals surface area contributed by atoms with Crippen molar-refractivity contribution >= 4 is 17.5 Å². The van der Waals surface area contributed by atoms with Crippen LogP contribution in [0.3, 0.4) is 0 Å². The Balaban J connectivity index is 1.76. The normalized spacial score (nSPS) is 12.8. The van der Waals surface area contributed by atoms with Crippen LogP contribution in [0.25, 0.3) is 0 Å². The quantitative estimate of drug-likeness (QED) is 0.918. The number of amides is 2. The van der Waals surface area contributed by atoms with Gasteiger partial charge >= 0.3 is 0 Å². The second kappa shape index (κ2) is 7.30. The molecule has 2 aromatic carbocycles. The lowest BCUT2D eigenvalue weighted by molar-refractivity contribution is -0.121. The Morgan fingerprint density at radius 2 is 1.92 bits per heavy atom. The summed E-state index contributed by atoms with van der Waals surface area (Å²) in [5.74, 6) is 0.0942. The molecule has 0 unspecified atom stereocenters. The molecule has 4 heteroatoms. The minimum Gasteiger partial charge on any atom is -0.352 e. The summed E-state index contributed by atoms with van der Waals surface area (Å²) in [6.45, 7) is 3.19. The number of fused-ring (bicyclic) bond motifs is 1. The Bertz CT molecular complexity index is 741. The van der Waals surface area contributed by atoms with Crippen molar-refractivity contribution in [2.45, 2.75) is 32.7 Å². The van der Waals surface area contributed by atoms with E-state index in [1.54, 1.807) is 0 Å². The highest BCUT2D eigenvalue weighted by Crippen LogP contribution is 2.30. The van der Waals surface area contributed by atoms with Crippen LogP contribution in [0.5, 0.6) is 0 Å². The molecule has 1 aliphatic heterocycles. The van der Waals surface area contributed by atoms with Crippen LogP contribution in [0.15, 0.2) is 48.5 Å². The number of carbonyl (C=O) groups excluding carboxylic acids is 2. The number of nitrogens with zero attached hydrogens (tertiary/aromatic N) is 1. The summed E-state index contributed by atoms with van der Waals surface area (Å²) in [7, 11) is 0. The lowest BCUT2D eigenvalue weighted by atomic mass is 10.1. The number of carbonyl (C=O) groups is 2. The maximum Gasteiger partial charge on any atom is 0.258 e. The summed E-state index contributed by atoms with van der Waals surface area (Å²) >= 11 is 0. The highest BCUT2D eigenvalue weighted by atomic mass is 16.2. The maximum absolute atomic E-state index is 12.7. The zero-order valence-electron chi connectivity index (χ0n) is 13.9. The highest BCUT2D eigenvalue weighted by molar-refractivity contribution is 6.07. The zero-order valence-corrected chi connectivity index (χ0v) is 13.9. The van der Waals surface area contributed by atoms with E-state index < -0.39 is 0 Å². The number of rotatable bonds is 5. The van der Waals surface area contributed by atoms with Crippen LogP contribution < -0.4 is 10.2 Å². The summed E-state index contributed by atoms with van der Waals surface area (Å²) in [5.41, 5.74) is 3.87. The van der Waals surface area contributed by atoms with Crippen molar-refractivity contribution in [3.8, 4) is 0 Å². The molecule has 1 aliphatic rings. The Labute approximate surface area is 142 Å². The van der Waals surface area contributed by atoms with Crippen molar-refractivity contribution in [3.63, 3.8) is 0 Å². The first kappa shape index (κ1) is 16.2. The van der Waals surface area contributed by atoms with E-state index in [2.05, 4.69) is 11.4 Å². The van der Waals surface area contributed by atoms with Gasteiger partial charge in [0.25, 0.3) is 5.91 Å². The molecule has 0 aliphatic carbocycles. The van der Waals surface area contributed by atoms with Crippen LogP contribution in [0, 0.1) is 0 Å². The van der Waals surface area contributed by atoms with Gasteiger partial charge in [0.05, 0.1) is 0 Å². The predicted octanol–water partition coefficient (Wildman–Crippen LogP) is 3.31. The molecule has 0 saturated carbocycles. The van der Waals surface area contributed by atoms with Gasteiger partial charge in [-0.05, 0) is 42.2 Å². The molecule has 0 atom stereocenters. The molecule has 0 spiro atoms. The minimum absolute atomic E-state index is 0.0292. The fraction of sp³-hybridized carbons (Fsp3) is 0.300. The average Bonchev–Trinajstić information content (AvgIpc) is 3.03. The molecule has 0 fully saturated rings. The summed E-state index contributed by atoms with van der Waals surface area (Å²) < 4.78 is 0. The lowest BCUT2D eigenvalue weighted by Gasteiger charge is -2.18. The largest absolute Gasteiger partial charge is 0.352 e. The molecule has 124 valence electrons. The SMILES string of the molecule is CCCC(=O)NCc1ccc2c(c1)N(C(=O)c1ccccc1)CC2. The lowest BCUT2D eigenvalue weighted by Crippen LogP contribution is -2.29. The standard InChI is InChI=1S/C20H22N2O2/c1-2-6-19(23)21-14-15-9-10-16-11-12-22(18(16)13-15)20(24)17-7-4-3-5-8-17/h3-5,7-10,13H,2,6,11-12,14H2,1H3,(H,21,23). The average molecular weight is 322 g/mol. The summed E-state index contributed by atoms with van der Waals surface area (Å²) in [6.07, 6.45) is 2.26. The van der Waals surface area contributed by atoms with E-state index in [-0.39, 0.29) is 11.8 Å². The number of hydrogen-bond acceptors (Lipinski definition) is 2. The molecule has 3 rings (SSSR count). The molecule has 1 N–H and O–H groups in total. The van der Waals surface area contributed by atoms with Crippen molar-refractivity contribution in [2.24, 2.45) is 0 Å². The van der Waals surface area contributed by atoms with Gasteiger partial charge < -0.3 is 10.2 Å². The van der Waals surface area contributed by atoms with Gasteiger partial charge in [-0.1, -0.05) is 37.3 Å². The van der Waals surface area contributed by atoms with E-state index in [0.29, 0.717) is 25.1 Å². The number of benzene rings is 2. The van der Waals surface area contributed by atoms with E-state index in [9.17, 15) is 9.59 Å². The first-order valence-electron chi connectivity index (χ1n) is 8.44. The Kier molecular flexibility index (Phi) is 4.94. The summed E-state index contributed by atoms with van der Waals surface area (Å²) in [6, 6.07) is 15.5. The number of nitrogens with one attached hydrogen (secondary N) is 1. The van der Waals surface area contributed by atoms with E-state index in [1.807, 2.05) is 54.3 Å². The first-order valence-corrected chi connectivity index (χ1v) is 8.44. The van der Waals surface area contributed by atoms with Crippen molar-refractivity contribution in [3.05, 3.63) is 65.2 Å². The smallest absolute Gasteiger partial charge is 0.258 e. The molecule has 1 heterocycles. The number of anilines is 1. The molecule has 24 heavy (non-hydrogen) atoms. The summed E-state index contributed by atoms with van der Waals surface area (Å²) in [4.78, 5) is 26.2. The molecule has 2 aromatic rings. The van der Waals surface area contributed by atoms with E-state index in [0.717, 1.165) is 24.1 Å². The minimum atomic E-state index is 0.0292. The molecule has 0 radical (unpaired) electrons. The van der Waals surface area contributed by atoms with Gasteiger partial charge in [0.15, 0.2) is 0 Å². The van der Waals surface area contributed by atoms with Crippen molar-refractivity contribution in [1.82, 2.24) is 5.32 Å². The molecule has 0 saturated heterocycles. The third-order valence-corrected chi connectivity index (χ3v) is 4.28. The van der Waals surface area contributed by atoms with Gasteiger partial charge in [0, 0.05) is 30.8 Å². The topological polar surface area (TPSA) is 49.4 Å². The van der Waals surface area contributed by atoms with Gasteiger partial charge in [-0.15, -0.1) is 0 Å². The third kappa shape index (κ3) is 3.48. The van der Waals surface area contributed by atoms with Crippen molar-refractivity contribution in [1.29, 1.82) is 0 Å². The molecule has 0 aromatic heterocycles. The molecule has 0 bridgehead atoms. The van der Waals surface area contributed by atoms with Gasteiger partial charge in [-0.25, -0.2) is 0 Å². The highest BCUT2D eigenvalue weighted by Gasteiger charge is 2.25. The summed E-state index contributed by atoms with van der Waals surface area (Å²) in [5, 5.41) is 2.92. The van der Waals surface area contributed by atoms with Crippen LogP contribution in [0.2, 0.25) is 0 Å². The van der Waals surface area contributed by atoms with E-state index in [4.69, 9.17) is 0 Å². The fourth-order valence-electron chi connectivity index (χ4n) is 3.00. The Morgan fingerprint density at radius 3 is 2.67 bits per heavy atom. The zero-order chi connectivity index (χ0) is 16.9. The Morgan fingerprint density at radius 1 is 1.12 bits per heavy atom. The Hall–Kier alpha value is -2.62. The number of hydrogen-bond donors (Lipinski definition) is 1. The van der Waals surface area contributed by atoms with Gasteiger partial charge in [-0.3, -0.25) is 9.59 Å². The third-order valence-electron chi connectivity index (χ3n) is 4.28. The molecule has 4 nitrogen and oxygen atoms in total. The van der Waals surface area contributed by atoms with Crippen LogP contribution in [-0.4, -0.2) is 18.4 Å². The molecular weight excluding hydrogens is 300 g/mol. The fourth-order valence-corrected chi connectivity index (χ4v) is 3.00. The van der Waals surface area contributed by atoms with Crippen LogP contribution in [0.4, 0.5) is 5.69 Å². The van der Waals surface area contributed by atoms with E-state index >= 15 is 0 Å². The second-order valence-electron chi connectivity index (χ2n) is 6.06.